The number of hydrogen-bond acceptors (Lipinski definition) is 5. The largest absolute Gasteiger partial charge is 0.271 e. The van der Waals surface area contributed by atoms with Gasteiger partial charge in [0.15, 0.2) is 0 Å². The molecule has 3 aromatic heterocycles. The molecule has 0 spiro atoms. The maximum Gasteiger partial charge on any atom is 0.141 e. The first-order valence-corrected chi connectivity index (χ1v) is 7.01. The molecule has 0 amide bonds. The molecule has 0 aromatic carbocycles. The number of rotatable bonds is 3. The Hall–Kier alpha value is -1.34. The molecule has 0 saturated carbocycles. The number of aromatic nitrogens is 1. The fourth-order valence-electron chi connectivity index (χ4n) is 1.86. The van der Waals surface area contributed by atoms with Gasteiger partial charge in [-0.3, -0.25) is 10.8 Å². The lowest BCUT2D eigenvalue weighted by atomic mass is 10.1. The minimum Gasteiger partial charge on any atom is -0.271 e. The quantitative estimate of drug-likeness (QED) is 0.572. The van der Waals surface area contributed by atoms with Gasteiger partial charge in [-0.1, -0.05) is 0 Å². The summed E-state index contributed by atoms with van der Waals surface area (Å²) < 4.78 is 15.6. The molecule has 0 fully saturated rings. The molecular weight excluding hydrogens is 269 g/mol. The number of fused-ring (bicyclic) bond motifs is 1. The lowest BCUT2D eigenvalue weighted by molar-refractivity contribution is 0.601. The van der Waals surface area contributed by atoms with Crippen molar-refractivity contribution in [3.63, 3.8) is 0 Å². The van der Waals surface area contributed by atoms with E-state index in [1.165, 1.54) is 21.7 Å². The summed E-state index contributed by atoms with van der Waals surface area (Å²) in [5.41, 5.74) is 3.45. The Labute approximate surface area is 111 Å². The van der Waals surface area contributed by atoms with E-state index in [0.717, 1.165) is 10.4 Å². The number of nitrogens with zero attached hydrogens (tertiary/aromatic N) is 1. The van der Waals surface area contributed by atoms with E-state index < -0.39 is 0 Å². The third-order valence-electron chi connectivity index (χ3n) is 2.67. The summed E-state index contributed by atoms with van der Waals surface area (Å²) in [6, 6.07) is 5.38. The van der Waals surface area contributed by atoms with Crippen LogP contribution in [0.3, 0.4) is 0 Å². The van der Waals surface area contributed by atoms with Crippen molar-refractivity contribution in [2.75, 3.05) is 0 Å². The van der Waals surface area contributed by atoms with Crippen LogP contribution in [0.1, 0.15) is 16.5 Å². The van der Waals surface area contributed by atoms with Crippen LogP contribution in [0.4, 0.5) is 4.39 Å². The van der Waals surface area contributed by atoms with Crippen molar-refractivity contribution in [3.8, 4) is 0 Å². The average molecular weight is 279 g/mol. The van der Waals surface area contributed by atoms with Crippen molar-refractivity contribution < 1.29 is 4.39 Å². The highest BCUT2D eigenvalue weighted by Crippen LogP contribution is 2.35. The van der Waals surface area contributed by atoms with E-state index in [2.05, 4.69) is 27.9 Å². The van der Waals surface area contributed by atoms with Crippen LogP contribution in [-0.2, 0) is 0 Å². The van der Waals surface area contributed by atoms with E-state index in [9.17, 15) is 4.39 Å². The predicted molar refractivity (Wildman–Crippen MR) is 73.1 cm³/mol. The predicted octanol–water partition coefficient (Wildman–Crippen LogP) is 3.05. The first-order valence-electron chi connectivity index (χ1n) is 5.31. The summed E-state index contributed by atoms with van der Waals surface area (Å²) in [6.45, 7) is 0. The highest BCUT2D eigenvalue weighted by molar-refractivity contribution is 7.27. The highest BCUT2D eigenvalue weighted by Gasteiger charge is 2.16. The number of pyridine rings is 1. The van der Waals surface area contributed by atoms with Crippen molar-refractivity contribution in [1.29, 1.82) is 0 Å². The van der Waals surface area contributed by atoms with Crippen LogP contribution < -0.4 is 11.3 Å². The van der Waals surface area contributed by atoms with Gasteiger partial charge in [0, 0.05) is 20.5 Å². The topological polar surface area (TPSA) is 50.9 Å². The number of nitrogens with two attached hydrogens (primary N) is 1. The maximum atomic E-state index is 13.2. The molecule has 6 heteroatoms. The second-order valence-corrected chi connectivity index (χ2v) is 5.90. The zero-order valence-corrected chi connectivity index (χ0v) is 10.9. The van der Waals surface area contributed by atoms with Gasteiger partial charge in [-0.15, -0.1) is 22.7 Å². The van der Waals surface area contributed by atoms with Crippen LogP contribution >= 0.6 is 22.7 Å². The monoisotopic (exact) mass is 279 g/mol. The van der Waals surface area contributed by atoms with Crippen molar-refractivity contribution in [2.24, 2.45) is 5.84 Å². The molecule has 1 unspecified atom stereocenters. The molecular formula is C12H10FN3S2. The van der Waals surface area contributed by atoms with Gasteiger partial charge in [0.05, 0.1) is 12.2 Å². The third-order valence-corrected chi connectivity index (χ3v) is 4.83. The Morgan fingerprint density at radius 3 is 2.89 bits per heavy atom. The third kappa shape index (κ3) is 2.04. The first-order chi connectivity index (χ1) is 8.78. The van der Waals surface area contributed by atoms with Gasteiger partial charge >= 0.3 is 0 Å². The Balaban J connectivity index is 2.04. The zero-order valence-electron chi connectivity index (χ0n) is 9.26. The van der Waals surface area contributed by atoms with Gasteiger partial charge in [0.1, 0.15) is 5.82 Å². The molecule has 3 nitrogen and oxygen atoms in total. The summed E-state index contributed by atoms with van der Waals surface area (Å²) in [6.07, 6.45) is 2.81. The molecule has 3 heterocycles. The van der Waals surface area contributed by atoms with E-state index in [-0.39, 0.29) is 11.9 Å². The summed E-state index contributed by atoms with van der Waals surface area (Å²) in [5.74, 6) is 5.23. The molecule has 0 aliphatic heterocycles. The van der Waals surface area contributed by atoms with Gasteiger partial charge in [0.2, 0.25) is 0 Å². The minimum atomic E-state index is -0.355. The van der Waals surface area contributed by atoms with Crippen molar-refractivity contribution in [3.05, 3.63) is 52.2 Å². The number of nitrogens with one attached hydrogen (secondary N) is 1. The average Bonchev–Trinajstić information content (AvgIpc) is 2.91. The molecule has 1 atom stereocenters. The van der Waals surface area contributed by atoms with Gasteiger partial charge in [-0.05, 0) is 29.1 Å². The van der Waals surface area contributed by atoms with Gasteiger partial charge < -0.3 is 0 Å². The minimum absolute atomic E-state index is 0.224. The summed E-state index contributed by atoms with van der Waals surface area (Å²) in [4.78, 5) is 4.92. The molecule has 18 heavy (non-hydrogen) atoms. The van der Waals surface area contributed by atoms with Gasteiger partial charge in [-0.2, -0.15) is 0 Å². The molecule has 3 N–H and O–H groups in total. The number of hydrazine groups is 1. The Morgan fingerprint density at radius 1 is 1.28 bits per heavy atom. The van der Waals surface area contributed by atoms with Gasteiger partial charge in [-0.25, -0.2) is 9.82 Å². The van der Waals surface area contributed by atoms with Crippen LogP contribution in [0, 0.1) is 5.82 Å². The van der Waals surface area contributed by atoms with E-state index in [1.807, 2.05) is 0 Å². The second kappa shape index (κ2) is 4.74. The lowest BCUT2D eigenvalue weighted by Crippen LogP contribution is -2.28. The van der Waals surface area contributed by atoms with Gasteiger partial charge in [0.25, 0.3) is 0 Å². The molecule has 0 aliphatic rings. The van der Waals surface area contributed by atoms with Crippen molar-refractivity contribution in [2.45, 2.75) is 6.04 Å². The number of halogens is 1. The summed E-state index contributed by atoms with van der Waals surface area (Å²) >= 11 is 3.34. The summed E-state index contributed by atoms with van der Waals surface area (Å²) in [5, 5.41) is 2.06. The van der Waals surface area contributed by atoms with Crippen molar-refractivity contribution >= 4 is 32.1 Å². The molecule has 3 aromatic rings. The molecule has 3 rings (SSSR count). The van der Waals surface area contributed by atoms with Crippen LogP contribution in [0.2, 0.25) is 0 Å². The molecule has 0 radical (unpaired) electrons. The molecule has 0 aliphatic carbocycles. The number of thiophene rings is 2. The van der Waals surface area contributed by atoms with Crippen LogP contribution in [-0.4, -0.2) is 4.98 Å². The Kier molecular flexibility index (Phi) is 3.09. The molecule has 0 saturated heterocycles. The second-order valence-electron chi connectivity index (χ2n) is 3.83. The standard InChI is InChI=1S/C12H10FN3S2/c13-8-3-7(5-15-6-8)12(16-14)11-4-10-9(18-11)1-2-17-10/h1-6,12,16H,14H2. The fraction of sp³-hybridized carbons (Fsp3) is 0.0833. The molecule has 0 bridgehead atoms. The maximum absolute atomic E-state index is 13.2. The van der Waals surface area contributed by atoms with E-state index in [1.54, 1.807) is 28.9 Å². The van der Waals surface area contributed by atoms with E-state index in [4.69, 9.17) is 5.84 Å². The number of hydrogen-bond donors (Lipinski definition) is 2. The zero-order chi connectivity index (χ0) is 12.5. The first kappa shape index (κ1) is 11.7. The Bertz CT molecular complexity index is 648. The normalized spacial score (nSPS) is 13.0. The van der Waals surface area contributed by atoms with Crippen molar-refractivity contribution in [1.82, 2.24) is 10.4 Å². The highest BCUT2D eigenvalue weighted by atomic mass is 32.1. The van der Waals surface area contributed by atoms with E-state index in [0.29, 0.717) is 0 Å². The van der Waals surface area contributed by atoms with Crippen LogP contribution in [0.15, 0.2) is 36.0 Å². The Morgan fingerprint density at radius 2 is 2.17 bits per heavy atom. The SMILES string of the molecule is NNC(c1cncc(F)c1)c1cc2sccc2s1. The smallest absolute Gasteiger partial charge is 0.141 e. The van der Waals surface area contributed by atoms with E-state index >= 15 is 0 Å². The lowest BCUT2D eigenvalue weighted by Gasteiger charge is -2.13. The van der Waals surface area contributed by atoms with Crippen LogP contribution in [0.5, 0.6) is 0 Å². The molecule has 92 valence electrons. The van der Waals surface area contributed by atoms with Crippen LogP contribution in [0.25, 0.3) is 9.40 Å². The fourth-order valence-corrected chi connectivity index (χ4v) is 4.06. The summed E-state index contributed by atoms with van der Waals surface area (Å²) in [7, 11) is 0.